The lowest BCUT2D eigenvalue weighted by Crippen LogP contribution is -2.22. The fourth-order valence-electron chi connectivity index (χ4n) is 4.29. The minimum atomic E-state index is -0.544. The highest BCUT2D eigenvalue weighted by Crippen LogP contribution is 2.34. The largest absolute Gasteiger partial charge is 0.454 e. The molecule has 0 unspecified atom stereocenters. The first kappa shape index (κ1) is 20.3. The molecule has 3 aromatic carbocycles. The smallest absolute Gasteiger partial charge is 0.166 e. The predicted molar refractivity (Wildman–Crippen MR) is 117 cm³/mol. The molecule has 30 heavy (non-hydrogen) atoms. The van der Waals surface area contributed by atoms with Crippen molar-refractivity contribution in [3.63, 3.8) is 0 Å². The molecule has 0 bridgehead atoms. The van der Waals surface area contributed by atoms with E-state index in [4.69, 9.17) is 4.74 Å². The molecule has 0 aromatic heterocycles. The fraction of sp³-hybridized carbons (Fsp3) is 0.269. The van der Waals surface area contributed by atoms with Gasteiger partial charge in [-0.1, -0.05) is 41.5 Å². The molecule has 1 fully saturated rings. The van der Waals surface area contributed by atoms with E-state index in [1.54, 1.807) is 6.07 Å². The second-order valence-electron chi connectivity index (χ2n) is 8.10. The molecule has 3 nitrogen and oxygen atoms in total. The third kappa shape index (κ3) is 4.60. The first-order valence-corrected chi connectivity index (χ1v) is 10.4. The number of hydrogen-bond acceptors (Lipinski definition) is 3. The van der Waals surface area contributed by atoms with Crippen molar-refractivity contribution in [2.24, 2.45) is 0 Å². The summed E-state index contributed by atoms with van der Waals surface area (Å²) in [7, 11) is 0. The van der Waals surface area contributed by atoms with Crippen molar-refractivity contribution in [1.82, 2.24) is 4.90 Å². The molecule has 0 saturated carbocycles. The van der Waals surface area contributed by atoms with Gasteiger partial charge in [-0.25, -0.2) is 4.39 Å². The monoisotopic (exact) mass is 403 g/mol. The number of benzene rings is 3. The van der Waals surface area contributed by atoms with E-state index < -0.39 is 5.82 Å². The number of aryl methyl sites for hydroxylation is 2. The number of aldehydes is 1. The maximum atomic E-state index is 14.0. The number of ether oxygens (including phenoxy) is 1. The Morgan fingerprint density at radius 3 is 2.43 bits per heavy atom. The van der Waals surface area contributed by atoms with Crippen LogP contribution in [-0.4, -0.2) is 17.7 Å². The van der Waals surface area contributed by atoms with Crippen LogP contribution in [0.1, 0.15) is 51.5 Å². The van der Waals surface area contributed by atoms with Gasteiger partial charge < -0.3 is 4.74 Å². The van der Waals surface area contributed by atoms with Crippen LogP contribution in [0.25, 0.3) is 0 Å². The Labute approximate surface area is 177 Å². The number of hydrogen-bond donors (Lipinski definition) is 0. The maximum Gasteiger partial charge on any atom is 0.166 e. The van der Waals surface area contributed by atoms with E-state index in [1.165, 1.54) is 47.2 Å². The zero-order valence-corrected chi connectivity index (χ0v) is 17.4. The van der Waals surface area contributed by atoms with Crippen molar-refractivity contribution in [3.05, 3.63) is 94.3 Å². The molecule has 0 aliphatic carbocycles. The lowest BCUT2D eigenvalue weighted by Gasteiger charge is -2.25. The lowest BCUT2D eigenvalue weighted by molar-refractivity contribution is 0.112. The van der Waals surface area contributed by atoms with E-state index in [0.717, 1.165) is 13.1 Å². The van der Waals surface area contributed by atoms with Crippen molar-refractivity contribution in [3.8, 4) is 11.5 Å². The van der Waals surface area contributed by atoms with Gasteiger partial charge in [0, 0.05) is 18.2 Å². The van der Waals surface area contributed by atoms with Crippen LogP contribution in [-0.2, 0) is 6.54 Å². The average molecular weight is 403 g/mol. The third-order valence-corrected chi connectivity index (χ3v) is 5.62. The fourth-order valence-corrected chi connectivity index (χ4v) is 4.29. The zero-order valence-electron chi connectivity index (χ0n) is 17.4. The van der Waals surface area contributed by atoms with Gasteiger partial charge in [0.25, 0.3) is 0 Å². The Hall–Kier alpha value is -2.98. The first-order valence-electron chi connectivity index (χ1n) is 10.4. The van der Waals surface area contributed by atoms with Gasteiger partial charge in [0.1, 0.15) is 12.0 Å². The van der Waals surface area contributed by atoms with Crippen LogP contribution in [0.2, 0.25) is 0 Å². The molecule has 1 saturated heterocycles. The second-order valence-corrected chi connectivity index (χ2v) is 8.10. The second kappa shape index (κ2) is 8.80. The van der Waals surface area contributed by atoms with Crippen molar-refractivity contribution >= 4 is 6.29 Å². The van der Waals surface area contributed by atoms with Crippen molar-refractivity contribution in [2.75, 3.05) is 6.54 Å². The Kier molecular flexibility index (Phi) is 5.96. The van der Waals surface area contributed by atoms with Crippen LogP contribution in [0, 0.1) is 19.7 Å². The molecule has 0 spiro atoms. The number of rotatable bonds is 6. The molecule has 4 heteroatoms. The number of halogens is 1. The van der Waals surface area contributed by atoms with Gasteiger partial charge in [-0.2, -0.15) is 0 Å². The van der Waals surface area contributed by atoms with Crippen LogP contribution in [0.3, 0.4) is 0 Å². The maximum absolute atomic E-state index is 14.0. The number of nitrogens with zero attached hydrogens (tertiary/aromatic N) is 1. The number of carbonyl (C=O) groups is 1. The average Bonchev–Trinajstić information content (AvgIpc) is 3.18. The zero-order chi connectivity index (χ0) is 21.1. The summed E-state index contributed by atoms with van der Waals surface area (Å²) < 4.78 is 19.7. The molecule has 1 atom stereocenters. The van der Waals surface area contributed by atoms with Gasteiger partial charge in [-0.05, 0) is 74.7 Å². The van der Waals surface area contributed by atoms with Crippen LogP contribution in [0.4, 0.5) is 4.39 Å². The minimum absolute atomic E-state index is 0.114. The topological polar surface area (TPSA) is 29.5 Å². The minimum Gasteiger partial charge on any atom is -0.454 e. The van der Waals surface area contributed by atoms with E-state index in [1.807, 2.05) is 24.3 Å². The third-order valence-electron chi connectivity index (χ3n) is 5.62. The molecule has 0 radical (unpaired) electrons. The van der Waals surface area contributed by atoms with E-state index in [-0.39, 0.29) is 5.75 Å². The number of carbonyl (C=O) groups excluding carboxylic acids is 1. The molecular formula is C26H26FNO2. The Morgan fingerprint density at radius 1 is 1.03 bits per heavy atom. The molecule has 0 amide bonds. The van der Waals surface area contributed by atoms with Gasteiger partial charge in [0.15, 0.2) is 11.6 Å². The molecule has 154 valence electrons. The first-order chi connectivity index (χ1) is 14.5. The van der Waals surface area contributed by atoms with Gasteiger partial charge in [0.2, 0.25) is 0 Å². The molecular weight excluding hydrogens is 377 g/mol. The van der Waals surface area contributed by atoms with E-state index in [2.05, 4.69) is 36.9 Å². The van der Waals surface area contributed by atoms with Crippen molar-refractivity contribution in [1.29, 1.82) is 0 Å². The summed E-state index contributed by atoms with van der Waals surface area (Å²) in [5.41, 5.74) is 5.52. The predicted octanol–water partition coefficient (Wildman–Crippen LogP) is 6.38. The van der Waals surface area contributed by atoms with Gasteiger partial charge in [-0.15, -0.1) is 0 Å². The van der Waals surface area contributed by atoms with Crippen molar-refractivity contribution in [2.45, 2.75) is 39.3 Å². The van der Waals surface area contributed by atoms with Crippen LogP contribution < -0.4 is 4.74 Å². The van der Waals surface area contributed by atoms with E-state index >= 15 is 0 Å². The van der Waals surface area contributed by atoms with Crippen molar-refractivity contribution < 1.29 is 13.9 Å². The standard InChI is InChI=1S/C26H26FNO2/c1-18-12-19(2)14-22(13-18)25-4-3-11-28(25)16-20-5-8-23(9-6-20)30-26-10-7-21(17-29)15-24(26)27/h5-10,12-15,17,25H,3-4,11,16H2,1-2H3/t25-/m1/s1. The summed E-state index contributed by atoms with van der Waals surface area (Å²) in [6, 6.07) is 19.3. The summed E-state index contributed by atoms with van der Waals surface area (Å²) in [5.74, 6) is 0.142. The molecule has 3 aromatic rings. The van der Waals surface area contributed by atoms with Crippen LogP contribution in [0.15, 0.2) is 60.7 Å². The SMILES string of the molecule is Cc1cc(C)cc([C@H]2CCCN2Cc2ccc(Oc3ccc(C=O)cc3F)cc2)c1. The quantitative estimate of drug-likeness (QED) is 0.447. The van der Waals surface area contributed by atoms with E-state index in [9.17, 15) is 9.18 Å². The molecule has 1 heterocycles. The highest BCUT2D eigenvalue weighted by atomic mass is 19.1. The Balaban J connectivity index is 1.44. The summed E-state index contributed by atoms with van der Waals surface area (Å²) in [6.45, 7) is 6.28. The molecule has 1 aliphatic heterocycles. The summed E-state index contributed by atoms with van der Waals surface area (Å²) >= 11 is 0. The van der Waals surface area contributed by atoms with Crippen LogP contribution >= 0.6 is 0 Å². The Bertz CT molecular complexity index is 1030. The summed E-state index contributed by atoms with van der Waals surface area (Å²) in [6.07, 6.45) is 3.00. The van der Waals surface area contributed by atoms with Gasteiger partial charge >= 0.3 is 0 Å². The molecule has 0 N–H and O–H groups in total. The highest BCUT2D eigenvalue weighted by Gasteiger charge is 2.26. The normalized spacial score (nSPS) is 16.6. The summed E-state index contributed by atoms with van der Waals surface area (Å²) in [5, 5.41) is 0. The lowest BCUT2D eigenvalue weighted by atomic mass is 9.99. The van der Waals surface area contributed by atoms with Crippen LogP contribution in [0.5, 0.6) is 11.5 Å². The van der Waals surface area contributed by atoms with Gasteiger partial charge in [-0.3, -0.25) is 9.69 Å². The van der Waals surface area contributed by atoms with Gasteiger partial charge in [0.05, 0.1) is 0 Å². The summed E-state index contributed by atoms with van der Waals surface area (Å²) in [4.78, 5) is 13.3. The van der Waals surface area contributed by atoms with E-state index in [0.29, 0.717) is 23.6 Å². The Morgan fingerprint density at radius 2 is 1.77 bits per heavy atom. The highest BCUT2D eigenvalue weighted by molar-refractivity contribution is 5.75. The number of likely N-dealkylation sites (tertiary alicyclic amines) is 1. The molecule has 4 rings (SSSR count). The molecule has 1 aliphatic rings.